The van der Waals surface area contributed by atoms with Crippen molar-refractivity contribution in [3.05, 3.63) is 35.6 Å². The number of benzene rings is 1. The van der Waals surface area contributed by atoms with Crippen molar-refractivity contribution in [3.8, 4) is 0 Å². The van der Waals surface area contributed by atoms with Crippen LogP contribution in [0.1, 0.15) is 12.0 Å². The lowest BCUT2D eigenvalue weighted by atomic mass is 10.2. The number of nitrogens with zero attached hydrogens (tertiary/aromatic N) is 1. The fraction of sp³-hybridized carbons (Fsp3) is 0.455. The number of hydrogen-bond donors (Lipinski definition) is 1. The quantitative estimate of drug-likeness (QED) is 0.870. The number of sulfonamides is 1. The molecule has 2 rings (SSSR count). The normalized spacial score (nSPS) is 21.9. The lowest BCUT2D eigenvalue weighted by Crippen LogP contribution is -2.30. The molecule has 1 fully saturated rings. The predicted molar refractivity (Wildman–Crippen MR) is 61.2 cm³/mol. The van der Waals surface area contributed by atoms with Crippen LogP contribution in [0.25, 0.3) is 0 Å². The highest BCUT2D eigenvalue weighted by molar-refractivity contribution is 7.88. The van der Waals surface area contributed by atoms with Crippen LogP contribution in [0.4, 0.5) is 4.39 Å². The minimum Gasteiger partial charge on any atom is -0.392 e. The van der Waals surface area contributed by atoms with Gasteiger partial charge in [-0.05, 0) is 24.1 Å². The fourth-order valence-corrected chi connectivity index (χ4v) is 3.42. The van der Waals surface area contributed by atoms with Gasteiger partial charge < -0.3 is 5.11 Å². The van der Waals surface area contributed by atoms with Gasteiger partial charge in [0.15, 0.2) is 0 Å². The molecule has 17 heavy (non-hydrogen) atoms. The van der Waals surface area contributed by atoms with Crippen LogP contribution in [-0.2, 0) is 15.8 Å². The molecule has 1 saturated heterocycles. The molecule has 94 valence electrons. The molecule has 0 bridgehead atoms. The van der Waals surface area contributed by atoms with E-state index in [1.807, 2.05) is 0 Å². The van der Waals surface area contributed by atoms with E-state index < -0.39 is 16.1 Å². The summed E-state index contributed by atoms with van der Waals surface area (Å²) >= 11 is 0. The van der Waals surface area contributed by atoms with E-state index in [1.165, 1.54) is 28.6 Å². The van der Waals surface area contributed by atoms with E-state index in [1.54, 1.807) is 0 Å². The molecular formula is C11H14FNO3S. The summed E-state index contributed by atoms with van der Waals surface area (Å²) in [4.78, 5) is 0. The topological polar surface area (TPSA) is 57.6 Å². The third-order valence-corrected chi connectivity index (χ3v) is 4.60. The van der Waals surface area contributed by atoms with Crippen LogP contribution < -0.4 is 0 Å². The van der Waals surface area contributed by atoms with E-state index in [9.17, 15) is 17.9 Å². The second kappa shape index (κ2) is 4.72. The Balaban J connectivity index is 2.09. The van der Waals surface area contributed by atoms with Gasteiger partial charge in [0.1, 0.15) is 5.82 Å². The van der Waals surface area contributed by atoms with Crippen LogP contribution in [0.3, 0.4) is 0 Å². The second-order valence-corrected chi connectivity index (χ2v) is 6.15. The largest absolute Gasteiger partial charge is 0.392 e. The van der Waals surface area contributed by atoms with Crippen molar-refractivity contribution in [1.29, 1.82) is 0 Å². The van der Waals surface area contributed by atoms with Gasteiger partial charge >= 0.3 is 0 Å². The van der Waals surface area contributed by atoms with E-state index in [0.29, 0.717) is 18.5 Å². The van der Waals surface area contributed by atoms with E-state index in [0.717, 1.165) is 0 Å². The molecule has 0 aromatic heterocycles. The van der Waals surface area contributed by atoms with Crippen molar-refractivity contribution >= 4 is 10.0 Å². The first-order valence-electron chi connectivity index (χ1n) is 5.38. The molecule has 0 radical (unpaired) electrons. The van der Waals surface area contributed by atoms with Crippen LogP contribution >= 0.6 is 0 Å². The van der Waals surface area contributed by atoms with Gasteiger partial charge in [-0.15, -0.1) is 0 Å². The molecule has 1 aliphatic heterocycles. The molecule has 0 amide bonds. The van der Waals surface area contributed by atoms with E-state index in [4.69, 9.17) is 0 Å². The monoisotopic (exact) mass is 259 g/mol. The predicted octanol–water partition coefficient (Wildman–Crippen LogP) is 0.722. The molecule has 0 aliphatic carbocycles. The van der Waals surface area contributed by atoms with Gasteiger partial charge in [-0.1, -0.05) is 12.1 Å². The molecule has 6 heteroatoms. The van der Waals surface area contributed by atoms with Gasteiger partial charge in [-0.25, -0.2) is 12.8 Å². The van der Waals surface area contributed by atoms with Crippen molar-refractivity contribution in [3.63, 3.8) is 0 Å². The fourth-order valence-electron chi connectivity index (χ4n) is 1.85. The Labute approximate surface area is 99.7 Å². The van der Waals surface area contributed by atoms with Gasteiger partial charge in [0, 0.05) is 13.1 Å². The van der Waals surface area contributed by atoms with Crippen molar-refractivity contribution in [1.82, 2.24) is 4.31 Å². The maximum absolute atomic E-state index is 12.7. The summed E-state index contributed by atoms with van der Waals surface area (Å²) in [5.74, 6) is -0.539. The van der Waals surface area contributed by atoms with Crippen LogP contribution in [0.15, 0.2) is 24.3 Å². The SMILES string of the molecule is O=S(=O)(Cc1ccc(F)cc1)N1CCC(O)C1. The minimum absolute atomic E-state index is 0.153. The first kappa shape index (κ1) is 12.5. The molecule has 0 spiro atoms. The summed E-state index contributed by atoms with van der Waals surface area (Å²) in [7, 11) is -3.41. The lowest BCUT2D eigenvalue weighted by Gasteiger charge is -2.15. The van der Waals surface area contributed by atoms with Crippen molar-refractivity contribution in [2.45, 2.75) is 18.3 Å². The summed E-state index contributed by atoms with van der Waals surface area (Å²) in [5, 5.41) is 9.31. The number of β-amino-alcohol motifs (C(OH)–C–C–N with tert-alkyl or cyclic N) is 1. The Kier molecular flexibility index (Phi) is 3.46. The van der Waals surface area contributed by atoms with Gasteiger partial charge in [-0.3, -0.25) is 0 Å². The van der Waals surface area contributed by atoms with Gasteiger partial charge in [0.05, 0.1) is 11.9 Å². The van der Waals surface area contributed by atoms with Crippen LogP contribution in [0.5, 0.6) is 0 Å². The smallest absolute Gasteiger partial charge is 0.218 e. The molecule has 1 aromatic rings. The molecule has 1 aliphatic rings. The zero-order valence-electron chi connectivity index (χ0n) is 9.21. The number of aliphatic hydroxyl groups is 1. The molecule has 1 unspecified atom stereocenters. The highest BCUT2D eigenvalue weighted by Gasteiger charge is 2.30. The summed E-state index contributed by atoms with van der Waals surface area (Å²) < 4.78 is 37.9. The minimum atomic E-state index is -3.41. The highest BCUT2D eigenvalue weighted by Crippen LogP contribution is 2.17. The third-order valence-electron chi connectivity index (χ3n) is 2.78. The average molecular weight is 259 g/mol. The molecular weight excluding hydrogens is 245 g/mol. The molecule has 0 saturated carbocycles. The summed E-state index contributed by atoms with van der Waals surface area (Å²) in [6.45, 7) is 0.508. The van der Waals surface area contributed by atoms with Crippen molar-refractivity contribution in [2.24, 2.45) is 0 Å². The summed E-state index contributed by atoms with van der Waals surface area (Å²) in [6, 6.07) is 5.39. The zero-order valence-corrected chi connectivity index (χ0v) is 10.0. The number of halogens is 1. The van der Waals surface area contributed by atoms with Gasteiger partial charge in [0.2, 0.25) is 10.0 Å². The Bertz CT molecular complexity index is 486. The van der Waals surface area contributed by atoms with Crippen LogP contribution in [-0.4, -0.2) is 37.0 Å². The molecule has 1 N–H and O–H groups in total. The summed E-state index contributed by atoms with van der Waals surface area (Å²) in [6.07, 6.45) is -0.0965. The molecule has 1 aromatic carbocycles. The molecule has 1 atom stereocenters. The Morgan fingerprint density at radius 3 is 2.53 bits per heavy atom. The lowest BCUT2D eigenvalue weighted by molar-refractivity contribution is 0.189. The van der Waals surface area contributed by atoms with E-state index in [-0.39, 0.29) is 18.1 Å². The van der Waals surface area contributed by atoms with Gasteiger partial charge in [0.25, 0.3) is 0 Å². The maximum atomic E-state index is 12.7. The Morgan fingerprint density at radius 2 is 2.00 bits per heavy atom. The van der Waals surface area contributed by atoms with Crippen LogP contribution in [0, 0.1) is 5.82 Å². The number of rotatable bonds is 3. The van der Waals surface area contributed by atoms with Gasteiger partial charge in [-0.2, -0.15) is 4.31 Å². The van der Waals surface area contributed by atoms with E-state index in [2.05, 4.69) is 0 Å². The Hall–Kier alpha value is -0.980. The standard InChI is InChI=1S/C11H14FNO3S/c12-10-3-1-9(2-4-10)8-17(15,16)13-6-5-11(14)7-13/h1-4,11,14H,5-8H2. The Morgan fingerprint density at radius 1 is 1.35 bits per heavy atom. The molecule has 1 heterocycles. The zero-order chi connectivity index (χ0) is 12.5. The summed E-state index contributed by atoms with van der Waals surface area (Å²) in [5.41, 5.74) is 0.549. The molecule has 4 nitrogen and oxygen atoms in total. The van der Waals surface area contributed by atoms with Crippen LogP contribution in [0.2, 0.25) is 0 Å². The number of hydrogen-bond acceptors (Lipinski definition) is 3. The first-order valence-corrected chi connectivity index (χ1v) is 6.98. The maximum Gasteiger partial charge on any atom is 0.218 e. The average Bonchev–Trinajstić information content (AvgIpc) is 2.69. The highest BCUT2D eigenvalue weighted by atomic mass is 32.2. The van der Waals surface area contributed by atoms with Crippen molar-refractivity contribution in [2.75, 3.05) is 13.1 Å². The van der Waals surface area contributed by atoms with Crippen molar-refractivity contribution < 1.29 is 17.9 Å². The van der Waals surface area contributed by atoms with E-state index >= 15 is 0 Å². The third kappa shape index (κ3) is 3.02. The number of aliphatic hydroxyl groups excluding tert-OH is 1. The second-order valence-electron chi connectivity index (χ2n) is 4.18. The first-order chi connectivity index (χ1) is 7.97.